The van der Waals surface area contributed by atoms with Crippen molar-refractivity contribution in [2.24, 2.45) is 0 Å². The van der Waals surface area contributed by atoms with Crippen LogP contribution in [0.5, 0.6) is 0 Å². The summed E-state index contributed by atoms with van der Waals surface area (Å²) in [5, 5.41) is -0.969. The van der Waals surface area contributed by atoms with E-state index < -0.39 is 11.2 Å². The van der Waals surface area contributed by atoms with Crippen LogP contribution >= 0.6 is 22.7 Å². The van der Waals surface area contributed by atoms with E-state index in [0.717, 1.165) is 31.9 Å². The average molecular weight is 331 g/mol. The highest BCUT2D eigenvalue weighted by Crippen LogP contribution is 2.35. The molecule has 7 heteroatoms. The number of hydrogen-bond donors (Lipinski definition) is 0. The molecule has 0 radical (unpaired) electrons. The number of halogens is 3. The number of thiophene rings is 1. The van der Waals surface area contributed by atoms with E-state index in [-0.39, 0.29) is 10.7 Å². The second-order valence-electron chi connectivity index (χ2n) is 4.98. The largest absolute Gasteiger partial charge is 0.443 e. The van der Waals surface area contributed by atoms with Gasteiger partial charge in [0.05, 0.1) is 9.75 Å². The summed E-state index contributed by atoms with van der Waals surface area (Å²) in [7, 11) is 0. The van der Waals surface area contributed by atoms with Crippen LogP contribution in [0.3, 0.4) is 0 Å². The zero-order chi connectivity index (χ0) is 15.0. The number of carbonyl (C=O) groups is 1. The molecule has 0 aromatic carbocycles. The summed E-state index contributed by atoms with van der Waals surface area (Å²) in [6.07, 6.45) is 1.86. The van der Waals surface area contributed by atoms with Crippen LogP contribution in [0.25, 0.3) is 0 Å². The first-order chi connectivity index (χ1) is 9.95. The fraction of sp³-hybridized carbons (Fsp3) is 0.429. The maximum absolute atomic E-state index is 12.5. The van der Waals surface area contributed by atoms with Gasteiger partial charge in [-0.25, -0.2) is 4.98 Å². The number of hydrogen-bond acceptors (Lipinski definition) is 4. The lowest BCUT2D eigenvalue weighted by atomic mass is 10.1. The summed E-state index contributed by atoms with van der Waals surface area (Å²) in [4.78, 5) is 17.4. The number of nitrogens with zero attached hydrogens (tertiary/aromatic N) is 1. The molecular formula is C14H12F3NOS2. The number of rotatable bonds is 2. The van der Waals surface area contributed by atoms with Crippen LogP contribution in [0.4, 0.5) is 13.2 Å². The summed E-state index contributed by atoms with van der Waals surface area (Å²) in [6, 6.07) is 1.85. The minimum absolute atomic E-state index is 0.0544. The maximum atomic E-state index is 12.5. The molecule has 1 aliphatic rings. The molecule has 0 spiro atoms. The van der Waals surface area contributed by atoms with Gasteiger partial charge in [0, 0.05) is 11.1 Å². The van der Waals surface area contributed by atoms with Crippen molar-refractivity contribution in [3.8, 4) is 0 Å². The molecule has 0 bridgehead atoms. The molecule has 3 rings (SSSR count). The molecular weight excluding hydrogens is 319 g/mol. The Kier molecular flexibility index (Phi) is 3.88. The highest BCUT2D eigenvalue weighted by Gasteiger charge is 2.35. The van der Waals surface area contributed by atoms with Gasteiger partial charge < -0.3 is 0 Å². The van der Waals surface area contributed by atoms with Crippen LogP contribution in [0.2, 0.25) is 0 Å². The summed E-state index contributed by atoms with van der Waals surface area (Å²) >= 11 is 1.83. The monoisotopic (exact) mass is 331 g/mol. The lowest BCUT2D eigenvalue weighted by Crippen LogP contribution is -2.03. The fourth-order valence-electron chi connectivity index (χ4n) is 2.41. The predicted octanol–water partition coefficient (Wildman–Crippen LogP) is 4.72. The quantitative estimate of drug-likeness (QED) is 0.588. The van der Waals surface area contributed by atoms with E-state index in [1.807, 2.05) is 6.07 Å². The number of aryl methyl sites for hydroxylation is 2. The van der Waals surface area contributed by atoms with Crippen LogP contribution in [0.1, 0.15) is 49.3 Å². The zero-order valence-electron chi connectivity index (χ0n) is 11.0. The van der Waals surface area contributed by atoms with Crippen molar-refractivity contribution in [1.82, 2.24) is 4.98 Å². The summed E-state index contributed by atoms with van der Waals surface area (Å²) in [6.45, 7) is 0. The van der Waals surface area contributed by atoms with Crippen LogP contribution < -0.4 is 0 Å². The van der Waals surface area contributed by atoms with E-state index in [0.29, 0.717) is 16.2 Å². The van der Waals surface area contributed by atoms with E-state index in [4.69, 9.17) is 0 Å². The van der Waals surface area contributed by atoms with Gasteiger partial charge in [-0.05, 0) is 37.3 Å². The molecule has 1 aliphatic carbocycles. The standard InChI is InChI=1S/C14H12F3NOS2/c15-14(16,17)13-18-7-11(21-13)12(19)10-6-8-4-2-1-3-5-9(8)20-10/h6-7H,1-5H2. The van der Waals surface area contributed by atoms with Crippen LogP contribution in [0, 0.1) is 0 Å². The number of fused-ring (bicyclic) bond motifs is 1. The molecule has 2 aromatic heterocycles. The lowest BCUT2D eigenvalue weighted by molar-refractivity contribution is -0.137. The van der Waals surface area contributed by atoms with E-state index >= 15 is 0 Å². The Bertz CT molecular complexity index is 649. The van der Waals surface area contributed by atoms with Gasteiger partial charge in [0.25, 0.3) is 0 Å². The Balaban J connectivity index is 1.87. The molecule has 0 amide bonds. The van der Waals surface area contributed by atoms with Gasteiger partial charge in [0.15, 0.2) is 5.01 Å². The van der Waals surface area contributed by atoms with Crippen molar-refractivity contribution in [2.45, 2.75) is 38.3 Å². The molecule has 0 atom stereocenters. The summed E-state index contributed by atoms with van der Waals surface area (Å²) < 4.78 is 37.6. The molecule has 0 unspecified atom stereocenters. The Labute approximate surface area is 127 Å². The average Bonchev–Trinajstić information content (AvgIpc) is 3.01. The van der Waals surface area contributed by atoms with Crippen molar-refractivity contribution in [3.63, 3.8) is 0 Å². The Morgan fingerprint density at radius 2 is 1.86 bits per heavy atom. The van der Waals surface area contributed by atoms with E-state index in [1.54, 1.807) is 0 Å². The summed E-state index contributed by atoms with van der Waals surface area (Å²) in [5.41, 5.74) is 1.18. The Morgan fingerprint density at radius 1 is 1.10 bits per heavy atom. The van der Waals surface area contributed by atoms with Gasteiger partial charge in [-0.2, -0.15) is 13.2 Å². The molecule has 2 heterocycles. The molecule has 0 aliphatic heterocycles. The molecule has 2 nitrogen and oxygen atoms in total. The molecule has 112 valence electrons. The first-order valence-electron chi connectivity index (χ1n) is 6.64. The number of aromatic nitrogens is 1. The molecule has 0 saturated carbocycles. The van der Waals surface area contributed by atoms with E-state index in [1.165, 1.54) is 28.2 Å². The lowest BCUT2D eigenvalue weighted by Gasteiger charge is -1.98. The number of ketones is 1. The van der Waals surface area contributed by atoms with Gasteiger partial charge in [-0.3, -0.25) is 4.79 Å². The van der Waals surface area contributed by atoms with Gasteiger partial charge in [0.1, 0.15) is 0 Å². The number of thiazole rings is 1. The van der Waals surface area contributed by atoms with Crippen LogP contribution in [0.15, 0.2) is 12.3 Å². The first-order valence-corrected chi connectivity index (χ1v) is 8.28. The highest BCUT2D eigenvalue weighted by molar-refractivity contribution is 7.17. The summed E-state index contributed by atoms with van der Waals surface area (Å²) in [5.74, 6) is -0.346. The normalized spacial score (nSPS) is 15.6. The molecule has 21 heavy (non-hydrogen) atoms. The van der Waals surface area contributed by atoms with Gasteiger partial charge >= 0.3 is 6.18 Å². The zero-order valence-corrected chi connectivity index (χ0v) is 12.6. The third kappa shape index (κ3) is 3.03. The smallest absolute Gasteiger partial charge is 0.287 e. The van der Waals surface area contributed by atoms with Crippen molar-refractivity contribution < 1.29 is 18.0 Å². The third-order valence-corrected chi connectivity index (χ3v) is 5.72. The number of carbonyl (C=O) groups excluding carboxylic acids is 1. The van der Waals surface area contributed by atoms with E-state index in [2.05, 4.69) is 4.98 Å². The number of alkyl halides is 3. The van der Waals surface area contributed by atoms with Crippen LogP contribution in [-0.2, 0) is 19.0 Å². The molecule has 0 fully saturated rings. The van der Waals surface area contributed by atoms with Crippen molar-refractivity contribution in [2.75, 3.05) is 0 Å². The minimum atomic E-state index is -4.49. The van der Waals surface area contributed by atoms with Crippen molar-refractivity contribution >= 4 is 28.5 Å². The van der Waals surface area contributed by atoms with Gasteiger partial charge in [-0.1, -0.05) is 6.42 Å². The fourth-order valence-corrected chi connectivity index (χ4v) is 4.42. The third-order valence-electron chi connectivity index (χ3n) is 3.44. The topological polar surface area (TPSA) is 30.0 Å². The predicted molar refractivity (Wildman–Crippen MR) is 76.1 cm³/mol. The molecule has 0 saturated heterocycles. The van der Waals surface area contributed by atoms with Gasteiger partial charge in [-0.15, -0.1) is 22.7 Å². The van der Waals surface area contributed by atoms with Crippen molar-refractivity contribution in [1.29, 1.82) is 0 Å². The molecule has 0 N–H and O–H groups in total. The highest BCUT2D eigenvalue weighted by atomic mass is 32.1. The SMILES string of the molecule is O=C(c1cnc(C(F)(F)F)s1)c1cc2c(s1)CCCCC2. The minimum Gasteiger partial charge on any atom is -0.287 e. The second kappa shape index (κ2) is 5.53. The Morgan fingerprint density at radius 3 is 2.57 bits per heavy atom. The first kappa shape index (κ1) is 14.7. The van der Waals surface area contributed by atoms with Crippen molar-refractivity contribution in [3.05, 3.63) is 37.5 Å². The van der Waals surface area contributed by atoms with Gasteiger partial charge in [0.2, 0.25) is 5.78 Å². The van der Waals surface area contributed by atoms with Crippen LogP contribution in [-0.4, -0.2) is 10.8 Å². The second-order valence-corrected chi connectivity index (χ2v) is 7.14. The molecule has 2 aromatic rings. The van der Waals surface area contributed by atoms with E-state index in [9.17, 15) is 18.0 Å². The Hall–Kier alpha value is -1.21. The maximum Gasteiger partial charge on any atom is 0.443 e.